The molecule has 4 fully saturated rings. The maximum absolute atomic E-state index is 11.8. The van der Waals surface area contributed by atoms with Crippen LogP contribution in [-0.2, 0) is 58.4 Å². The van der Waals surface area contributed by atoms with Crippen molar-refractivity contribution in [2.75, 3.05) is 0 Å². The van der Waals surface area contributed by atoms with Gasteiger partial charge in [0.15, 0.2) is 0 Å². The number of carbonyl (C=O) groups excluding carboxylic acids is 2. The van der Waals surface area contributed by atoms with Crippen molar-refractivity contribution in [2.24, 2.45) is 0 Å². The van der Waals surface area contributed by atoms with Crippen LogP contribution in [0.1, 0.15) is 77.6 Å². The maximum Gasteiger partial charge on any atom is 2.00 e. The minimum atomic E-state index is -0.469. The molecule has 2 aliphatic carbocycles. The maximum atomic E-state index is 11.8. The number of rotatable bonds is 8. The Hall–Kier alpha value is -2.53. The van der Waals surface area contributed by atoms with Crippen molar-refractivity contribution in [3.63, 3.8) is 0 Å². The van der Waals surface area contributed by atoms with Gasteiger partial charge in [-0.05, 0) is 143 Å². The fourth-order valence-electron chi connectivity index (χ4n) is 5.64. The Balaban J connectivity index is 0.000000232. The van der Waals surface area contributed by atoms with Crippen molar-refractivity contribution in [3.8, 4) is 0 Å². The van der Waals surface area contributed by atoms with Gasteiger partial charge in [-0.15, -0.1) is 0 Å². The summed E-state index contributed by atoms with van der Waals surface area (Å²) >= 11 is 0. The van der Waals surface area contributed by atoms with E-state index in [1.807, 2.05) is 157 Å². The van der Waals surface area contributed by atoms with Crippen molar-refractivity contribution in [1.29, 1.82) is 0 Å². The summed E-state index contributed by atoms with van der Waals surface area (Å²) in [6, 6.07) is 13.3. The molecule has 0 bridgehead atoms. The van der Waals surface area contributed by atoms with Crippen LogP contribution in [0.4, 0.5) is 9.59 Å². The molecule has 0 aromatic heterocycles. The average Bonchev–Trinajstić information content (AvgIpc) is 3.83. The predicted octanol–water partition coefficient (Wildman–Crippen LogP) is 5.76. The van der Waals surface area contributed by atoms with Crippen molar-refractivity contribution in [2.45, 2.75) is 105 Å². The summed E-state index contributed by atoms with van der Waals surface area (Å²) < 4.78 is 35.0. The standard InChI is InChI=1S/2C20H25BNO4.Fe/c2*1-14-12-15(13-24-18(23)22-16-8-6-7-9-16)10-11-17(14)21-25-19(2,3)20(4,5)26-21;/h2*6-12H,13H2,1-5H3,(H,22,23);/q;;+2. The second-order valence-electron chi connectivity index (χ2n) is 15.3. The molecule has 280 valence electrons. The zero-order valence-electron chi connectivity index (χ0n) is 32.3. The molecule has 13 heteroatoms. The molecular weight excluding hydrogens is 714 g/mol. The second kappa shape index (κ2) is 17.5. The molecule has 10 nitrogen and oxygen atoms in total. The Morgan fingerprint density at radius 1 is 0.566 bits per heavy atom. The van der Waals surface area contributed by atoms with E-state index in [4.69, 9.17) is 28.1 Å². The normalized spacial score (nSPS) is 21.4. The van der Waals surface area contributed by atoms with Crippen LogP contribution in [0, 0.1) is 77.3 Å². The average molecular weight is 764 g/mol. The van der Waals surface area contributed by atoms with Gasteiger partial charge in [0.2, 0.25) is 0 Å². The third-order valence-corrected chi connectivity index (χ3v) is 10.2. The largest absolute Gasteiger partial charge is 2.00 e. The van der Waals surface area contributed by atoms with Gasteiger partial charge in [-0.1, -0.05) is 47.5 Å². The summed E-state index contributed by atoms with van der Waals surface area (Å²) in [4.78, 5) is 23.6. The van der Waals surface area contributed by atoms with Crippen LogP contribution < -0.4 is 21.6 Å². The topological polar surface area (TPSA) is 114 Å². The molecule has 0 spiro atoms. The molecule has 4 aliphatic rings. The summed E-state index contributed by atoms with van der Waals surface area (Å²) in [5.41, 5.74) is 4.43. The molecule has 10 radical (unpaired) electrons. The summed E-state index contributed by atoms with van der Waals surface area (Å²) in [7, 11) is -0.786. The van der Waals surface area contributed by atoms with Crippen LogP contribution in [-0.4, -0.2) is 48.8 Å². The number of hydrogen-bond donors (Lipinski definition) is 2. The number of alkyl carbamates (subject to hydrolysis) is 2. The van der Waals surface area contributed by atoms with Gasteiger partial charge in [-0.2, -0.15) is 0 Å². The SMILES string of the molecule is Cc1cc(COC(=O)N[C]2[CH][CH][CH][CH]2)ccc1B1OC(C)(C)C(C)(C)O1.Cc1cc(COC(=O)N[C]2[CH][CH][CH][CH]2)ccc1B1OC(C)(C)C(C)(C)O1.[Fe+2]. The number of nitrogens with one attached hydrogen (secondary N) is 2. The summed E-state index contributed by atoms with van der Waals surface area (Å²) in [6.45, 7) is 20.7. The number of aryl methyl sites for hydroxylation is 2. The Labute approximate surface area is 328 Å². The minimum absolute atomic E-state index is 0. The van der Waals surface area contributed by atoms with Crippen molar-refractivity contribution < 1.29 is 54.7 Å². The van der Waals surface area contributed by atoms with E-state index in [9.17, 15) is 9.59 Å². The zero-order chi connectivity index (χ0) is 37.9. The molecule has 2 aliphatic heterocycles. The zero-order valence-corrected chi connectivity index (χ0v) is 33.4. The van der Waals surface area contributed by atoms with E-state index in [2.05, 4.69) is 10.6 Å². The molecule has 2 aromatic carbocycles. The predicted molar refractivity (Wildman–Crippen MR) is 201 cm³/mol. The van der Waals surface area contributed by atoms with E-state index in [1.165, 1.54) is 0 Å². The van der Waals surface area contributed by atoms with E-state index in [1.54, 1.807) is 0 Å². The molecular formula is C40H50B2FeN2O8+2. The van der Waals surface area contributed by atoms with E-state index in [-0.39, 0.29) is 52.7 Å². The van der Waals surface area contributed by atoms with Gasteiger partial charge in [-0.3, -0.25) is 0 Å². The molecule has 6 rings (SSSR count). The van der Waals surface area contributed by atoms with Gasteiger partial charge in [0.25, 0.3) is 0 Å². The Morgan fingerprint density at radius 3 is 1.15 bits per heavy atom. The van der Waals surface area contributed by atoms with E-state index in [0.29, 0.717) is 0 Å². The molecule has 2 aromatic rings. The van der Waals surface area contributed by atoms with Gasteiger partial charge in [0, 0.05) is 0 Å². The van der Waals surface area contributed by atoms with Gasteiger partial charge < -0.3 is 38.7 Å². The molecule has 0 atom stereocenters. The van der Waals surface area contributed by atoms with Crippen LogP contribution in [0.3, 0.4) is 0 Å². The third-order valence-electron chi connectivity index (χ3n) is 10.2. The van der Waals surface area contributed by atoms with Crippen molar-refractivity contribution in [1.82, 2.24) is 10.6 Å². The van der Waals surface area contributed by atoms with E-state index >= 15 is 0 Å². The van der Waals surface area contributed by atoms with E-state index in [0.717, 1.165) is 45.3 Å². The van der Waals surface area contributed by atoms with Crippen molar-refractivity contribution >= 4 is 37.3 Å². The van der Waals surface area contributed by atoms with Crippen LogP contribution in [0.25, 0.3) is 0 Å². The van der Waals surface area contributed by atoms with Gasteiger partial charge in [0.1, 0.15) is 13.2 Å². The Kier molecular flexibility index (Phi) is 14.3. The number of ether oxygens (including phenoxy) is 2. The Bertz CT molecular complexity index is 1430. The quantitative estimate of drug-likeness (QED) is 0.327. The third kappa shape index (κ3) is 10.8. The molecule has 2 N–H and O–H groups in total. The van der Waals surface area contributed by atoms with Crippen LogP contribution in [0.2, 0.25) is 0 Å². The summed E-state index contributed by atoms with van der Waals surface area (Å²) in [5.74, 6) is 0. The molecule has 0 unspecified atom stereocenters. The van der Waals surface area contributed by atoms with Crippen LogP contribution in [0.15, 0.2) is 36.4 Å². The van der Waals surface area contributed by atoms with Crippen molar-refractivity contribution in [3.05, 3.63) is 122 Å². The van der Waals surface area contributed by atoms with Crippen LogP contribution in [0.5, 0.6) is 0 Å². The number of benzene rings is 2. The van der Waals surface area contributed by atoms with Gasteiger partial charge in [-0.25, -0.2) is 9.59 Å². The smallest absolute Gasteiger partial charge is 0.445 e. The van der Waals surface area contributed by atoms with E-state index < -0.39 is 26.4 Å². The number of amides is 2. The molecule has 2 amide bonds. The summed E-state index contributed by atoms with van der Waals surface area (Å²) in [6.07, 6.45) is 13.7. The molecule has 2 heterocycles. The fraction of sp³-hybridized carbons (Fsp3) is 0.400. The summed E-state index contributed by atoms with van der Waals surface area (Å²) in [5, 5.41) is 5.36. The molecule has 2 saturated carbocycles. The van der Waals surface area contributed by atoms with Crippen LogP contribution >= 0.6 is 0 Å². The first kappa shape index (κ1) is 43.2. The second-order valence-corrected chi connectivity index (χ2v) is 15.3. The minimum Gasteiger partial charge on any atom is -0.445 e. The fourth-order valence-corrected chi connectivity index (χ4v) is 5.64. The first-order chi connectivity index (χ1) is 24.4. The molecule has 2 saturated heterocycles. The number of hydrogen-bond acceptors (Lipinski definition) is 8. The monoisotopic (exact) mass is 764 g/mol. The molecule has 53 heavy (non-hydrogen) atoms. The first-order valence-corrected chi connectivity index (χ1v) is 17.6. The van der Waals surface area contributed by atoms with Gasteiger partial charge >= 0.3 is 43.5 Å². The first-order valence-electron chi connectivity index (χ1n) is 17.6. The Morgan fingerprint density at radius 2 is 0.868 bits per heavy atom. The number of carbonyl (C=O) groups is 2. The van der Waals surface area contributed by atoms with Gasteiger partial charge in [0.05, 0.1) is 34.5 Å².